The highest BCUT2D eigenvalue weighted by Crippen LogP contribution is 1.80. The van der Waals surface area contributed by atoms with Gasteiger partial charge in [-0.1, -0.05) is 0 Å². The molecule has 0 bridgehead atoms. The number of carboxylic acids is 1. The first-order valence-corrected chi connectivity index (χ1v) is 2.78. The Kier molecular flexibility index (Phi) is 3.87. The maximum absolute atomic E-state index is 10.2. The lowest BCUT2D eigenvalue weighted by molar-refractivity contribution is -0.153. The molecule has 9 heavy (non-hydrogen) atoms. The number of hydrogen-bond acceptors (Lipinski definition) is 4. The fourth-order valence-electron chi connectivity index (χ4n) is 0.188. The van der Waals surface area contributed by atoms with Gasteiger partial charge in [-0.3, -0.25) is 4.79 Å². The standard InChI is InChI=1S/C4H6O4S/c5-3(6)1-8-4(7)2-9/h9H,1-2H2,(H,5,6). The Balaban J connectivity index is 3.28. The van der Waals surface area contributed by atoms with Gasteiger partial charge in [0, 0.05) is 0 Å². The van der Waals surface area contributed by atoms with Gasteiger partial charge in [0.25, 0.3) is 0 Å². The molecule has 0 unspecified atom stereocenters. The van der Waals surface area contributed by atoms with E-state index in [1.54, 1.807) is 0 Å². The Bertz CT molecular complexity index is 122. The van der Waals surface area contributed by atoms with Gasteiger partial charge in [0.15, 0.2) is 6.61 Å². The van der Waals surface area contributed by atoms with Gasteiger partial charge in [0.1, 0.15) is 0 Å². The van der Waals surface area contributed by atoms with E-state index in [1.807, 2.05) is 0 Å². The third kappa shape index (κ3) is 5.16. The summed E-state index contributed by atoms with van der Waals surface area (Å²) in [5.41, 5.74) is 0. The first kappa shape index (κ1) is 8.29. The molecule has 5 heteroatoms. The van der Waals surface area contributed by atoms with Crippen LogP contribution in [0, 0.1) is 0 Å². The van der Waals surface area contributed by atoms with E-state index in [2.05, 4.69) is 17.4 Å². The quantitative estimate of drug-likeness (QED) is 0.422. The van der Waals surface area contributed by atoms with E-state index in [-0.39, 0.29) is 5.75 Å². The zero-order valence-corrected chi connectivity index (χ0v) is 5.43. The second-order valence-corrected chi connectivity index (χ2v) is 1.53. The molecule has 0 spiro atoms. The van der Waals surface area contributed by atoms with Crippen LogP contribution in [0.4, 0.5) is 0 Å². The summed E-state index contributed by atoms with van der Waals surface area (Å²) >= 11 is 3.55. The molecule has 0 aliphatic carbocycles. The fraction of sp³-hybridized carbons (Fsp3) is 0.500. The molecular weight excluding hydrogens is 144 g/mol. The molecular formula is C4H6O4S. The minimum Gasteiger partial charge on any atom is -0.479 e. The van der Waals surface area contributed by atoms with Gasteiger partial charge in [-0.05, 0) is 0 Å². The third-order valence-corrected chi connectivity index (χ3v) is 0.744. The minimum absolute atomic E-state index is 0.0900. The number of aliphatic carboxylic acids is 1. The Labute approximate surface area is 57.2 Å². The summed E-state index contributed by atoms with van der Waals surface area (Å²) in [6.45, 7) is -0.584. The maximum atomic E-state index is 10.2. The average Bonchev–Trinajstić information content (AvgIpc) is 1.83. The van der Waals surface area contributed by atoms with Crippen molar-refractivity contribution in [1.82, 2.24) is 0 Å². The largest absolute Gasteiger partial charge is 0.479 e. The van der Waals surface area contributed by atoms with Gasteiger partial charge in [-0.2, -0.15) is 12.6 Å². The van der Waals surface area contributed by atoms with E-state index >= 15 is 0 Å². The second-order valence-electron chi connectivity index (χ2n) is 1.21. The average molecular weight is 150 g/mol. The SMILES string of the molecule is O=C(O)COC(=O)CS. The van der Waals surface area contributed by atoms with Gasteiger partial charge in [-0.15, -0.1) is 0 Å². The summed E-state index contributed by atoms with van der Waals surface area (Å²) in [6.07, 6.45) is 0. The van der Waals surface area contributed by atoms with E-state index in [1.165, 1.54) is 0 Å². The number of thiol groups is 1. The van der Waals surface area contributed by atoms with Crippen LogP contribution in [0.25, 0.3) is 0 Å². The van der Waals surface area contributed by atoms with Crippen LogP contribution in [-0.2, 0) is 14.3 Å². The first-order chi connectivity index (χ1) is 4.16. The van der Waals surface area contributed by atoms with Crippen molar-refractivity contribution in [2.45, 2.75) is 0 Å². The van der Waals surface area contributed by atoms with Crippen LogP contribution in [0.1, 0.15) is 0 Å². The fourth-order valence-corrected chi connectivity index (χ4v) is 0.279. The van der Waals surface area contributed by atoms with Crippen LogP contribution >= 0.6 is 12.6 Å². The molecule has 0 aliphatic heterocycles. The molecule has 0 amide bonds. The summed E-state index contributed by atoms with van der Waals surface area (Å²) in [5.74, 6) is -1.88. The predicted octanol–water partition coefficient (Wildman–Crippen LogP) is -0.456. The van der Waals surface area contributed by atoms with Crippen molar-refractivity contribution < 1.29 is 19.4 Å². The van der Waals surface area contributed by atoms with Crippen molar-refractivity contribution in [3.05, 3.63) is 0 Å². The van der Waals surface area contributed by atoms with Crippen LogP contribution in [0.5, 0.6) is 0 Å². The van der Waals surface area contributed by atoms with Crippen molar-refractivity contribution in [3.63, 3.8) is 0 Å². The van der Waals surface area contributed by atoms with Crippen LogP contribution in [0.15, 0.2) is 0 Å². The lowest BCUT2D eigenvalue weighted by Gasteiger charge is -1.95. The highest BCUT2D eigenvalue weighted by Gasteiger charge is 2.01. The maximum Gasteiger partial charge on any atom is 0.341 e. The van der Waals surface area contributed by atoms with Crippen LogP contribution in [0.3, 0.4) is 0 Å². The van der Waals surface area contributed by atoms with E-state index < -0.39 is 18.5 Å². The van der Waals surface area contributed by atoms with Crippen molar-refractivity contribution in [2.24, 2.45) is 0 Å². The second kappa shape index (κ2) is 4.20. The highest BCUT2D eigenvalue weighted by atomic mass is 32.1. The normalized spacial score (nSPS) is 8.56. The number of esters is 1. The Hall–Kier alpha value is -0.710. The number of hydrogen-bond donors (Lipinski definition) is 2. The molecule has 0 aromatic heterocycles. The van der Waals surface area contributed by atoms with Gasteiger partial charge in [0.2, 0.25) is 0 Å². The first-order valence-electron chi connectivity index (χ1n) is 2.15. The number of carbonyl (C=O) groups excluding carboxylic acids is 1. The van der Waals surface area contributed by atoms with Gasteiger partial charge >= 0.3 is 11.9 Å². The summed E-state index contributed by atoms with van der Waals surface area (Å²) in [6, 6.07) is 0. The van der Waals surface area contributed by atoms with Crippen LogP contribution < -0.4 is 0 Å². The molecule has 0 heterocycles. The zero-order chi connectivity index (χ0) is 7.28. The van der Waals surface area contributed by atoms with E-state index in [0.717, 1.165) is 0 Å². The Morgan fingerprint density at radius 1 is 1.56 bits per heavy atom. The zero-order valence-electron chi connectivity index (χ0n) is 4.53. The molecule has 0 atom stereocenters. The summed E-state index contributed by atoms with van der Waals surface area (Å²) < 4.78 is 4.14. The lowest BCUT2D eigenvalue weighted by Crippen LogP contribution is -2.13. The minimum atomic E-state index is -1.16. The van der Waals surface area contributed by atoms with Crippen molar-refractivity contribution in [1.29, 1.82) is 0 Å². The lowest BCUT2D eigenvalue weighted by atomic mass is 10.7. The topological polar surface area (TPSA) is 63.6 Å². The summed E-state index contributed by atoms with van der Waals surface area (Å²) in [7, 11) is 0. The van der Waals surface area contributed by atoms with E-state index in [9.17, 15) is 9.59 Å². The molecule has 1 N–H and O–H groups in total. The number of carboxylic acid groups (broad SMARTS) is 1. The monoisotopic (exact) mass is 150 g/mol. The number of rotatable bonds is 3. The summed E-state index contributed by atoms with van der Waals surface area (Å²) in [4.78, 5) is 19.9. The molecule has 0 fully saturated rings. The molecule has 52 valence electrons. The third-order valence-electron chi connectivity index (χ3n) is 0.486. The highest BCUT2D eigenvalue weighted by molar-refractivity contribution is 7.81. The molecule has 0 saturated carbocycles. The Morgan fingerprint density at radius 3 is 2.44 bits per heavy atom. The predicted molar refractivity (Wildman–Crippen MR) is 32.4 cm³/mol. The number of ether oxygens (including phenoxy) is 1. The molecule has 0 radical (unpaired) electrons. The molecule has 0 aliphatic rings. The van der Waals surface area contributed by atoms with Gasteiger partial charge < -0.3 is 9.84 Å². The Morgan fingerprint density at radius 2 is 2.11 bits per heavy atom. The van der Waals surface area contributed by atoms with E-state index in [4.69, 9.17) is 5.11 Å². The van der Waals surface area contributed by atoms with Crippen LogP contribution in [-0.4, -0.2) is 29.4 Å². The smallest absolute Gasteiger partial charge is 0.341 e. The van der Waals surface area contributed by atoms with Crippen LogP contribution in [0.2, 0.25) is 0 Å². The van der Waals surface area contributed by atoms with Crippen molar-refractivity contribution in [2.75, 3.05) is 12.4 Å². The molecule has 0 aromatic carbocycles. The number of carbonyl (C=O) groups is 2. The molecule has 0 rings (SSSR count). The van der Waals surface area contributed by atoms with Crippen molar-refractivity contribution >= 4 is 24.6 Å². The van der Waals surface area contributed by atoms with Gasteiger partial charge in [0.05, 0.1) is 5.75 Å². The molecule has 0 saturated heterocycles. The van der Waals surface area contributed by atoms with Crippen molar-refractivity contribution in [3.8, 4) is 0 Å². The summed E-state index contributed by atoms with van der Waals surface area (Å²) in [5, 5.41) is 7.96. The molecule has 0 aromatic rings. The van der Waals surface area contributed by atoms with Gasteiger partial charge in [-0.25, -0.2) is 4.79 Å². The molecule has 4 nitrogen and oxygen atoms in total. The van der Waals surface area contributed by atoms with E-state index in [0.29, 0.717) is 0 Å².